The van der Waals surface area contributed by atoms with Crippen LogP contribution in [-0.2, 0) is 32.7 Å². The van der Waals surface area contributed by atoms with Crippen molar-refractivity contribution in [1.29, 1.82) is 0 Å². The van der Waals surface area contributed by atoms with Crippen molar-refractivity contribution in [3.63, 3.8) is 0 Å². The highest BCUT2D eigenvalue weighted by molar-refractivity contribution is 6.78. The molecule has 1 aliphatic carbocycles. The second-order valence-corrected chi connectivity index (χ2v) is 28.4. The number of hydrogen-bond acceptors (Lipinski definition) is 8. The zero-order chi connectivity index (χ0) is 39.6. The Morgan fingerprint density at radius 1 is 0.725 bits per heavy atom. The highest BCUT2D eigenvalue weighted by atomic mass is 28.4. The van der Waals surface area contributed by atoms with Crippen LogP contribution in [0.2, 0.25) is 33.2 Å². The van der Waals surface area contributed by atoms with E-state index in [-0.39, 0.29) is 36.2 Å². The molecule has 10 heteroatoms. The first-order valence-corrected chi connectivity index (χ1v) is 24.2. The molecule has 0 bridgehead atoms. The lowest BCUT2D eigenvalue weighted by molar-refractivity contribution is -0.157. The van der Waals surface area contributed by atoms with Gasteiger partial charge in [0.1, 0.15) is 11.9 Å². The highest BCUT2D eigenvalue weighted by Crippen LogP contribution is 2.46. The molecule has 0 aliphatic heterocycles. The van der Waals surface area contributed by atoms with Gasteiger partial charge in [0, 0.05) is 32.5 Å². The summed E-state index contributed by atoms with van der Waals surface area (Å²) >= 11 is 0. The predicted octanol–water partition coefficient (Wildman–Crippen LogP) is 10.0. The molecule has 1 N–H and O–H groups in total. The SMILES string of the molecule is COC(=O)[C@H](OC)[C@H](O[Si](C(C)C)(C(C)C)C(C)C)/C(C)=C/[C@@H](C)[C@H](O)CC(=O)[C@H](C)C[C@@H]1CC[C@@H](O[Si](C(C)C)(C(C)C)C(C)C)[C@H](OC)C1. The van der Waals surface area contributed by atoms with Crippen molar-refractivity contribution >= 4 is 28.4 Å². The number of esters is 1. The Labute approximate surface area is 315 Å². The number of hydrogen-bond donors (Lipinski definition) is 1. The summed E-state index contributed by atoms with van der Waals surface area (Å²) in [5, 5.41) is 11.3. The lowest BCUT2D eigenvalue weighted by atomic mass is 9.79. The Balaban J connectivity index is 3.11. The van der Waals surface area contributed by atoms with Gasteiger partial charge in [-0.25, -0.2) is 4.79 Å². The highest BCUT2D eigenvalue weighted by Gasteiger charge is 2.50. The van der Waals surface area contributed by atoms with E-state index in [1.165, 1.54) is 14.2 Å². The van der Waals surface area contributed by atoms with Gasteiger partial charge < -0.3 is 28.2 Å². The van der Waals surface area contributed by atoms with Gasteiger partial charge in [-0.15, -0.1) is 0 Å². The number of methoxy groups -OCH3 is 3. The predicted molar refractivity (Wildman–Crippen MR) is 215 cm³/mol. The van der Waals surface area contributed by atoms with Crippen molar-refractivity contribution in [3.8, 4) is 0 Å². The van der Waals surface area contributed by atoms with Gasteiger partial charge in [-0.2, -0.15) is 0 Å². The van der Waals surface area contributed by atoms with Crippen LogP contribution in [0.3, 0.4) is 0 Å². The van der Waals surface area contributed by atoms with E-state index in [1.54, 1.807) is 7.11 Å². The van der Waals surface area contributed by atoms with Crippen molar-refractivity contribution in [2.24, 2.45) is 17.8 Å². The first kappa shape index (κ1) is 48.1. The molecule has 1 saturated carbocycles. The van der Waals surface area contributed by atoms with Crippen LogP contribution in [0.1, 0.15) is 136 Å². The second kappa shape index (κ2) is 21.3. The van der Waals surface area contributed by atoms with Crippen LogP contribution in [0.15, 0.2) is 11.6 Å². The quantitative estimate of drug-likeness (QED) is 0.0662. The first-order valence-electron chi connectivity index (χ1n) is 20.0. The number of carbonyl (C=O) groups excluding carboxylic acids is 2. The summed E-state index contributed by atoms with van der Waals surface area (Å²) in [6.07, 6.45) is 3.26. The number of carbonyl (C=O) groups is 2. The Bertz CT molecular complexity index is 1040. The minimum atomic E-state index is -2.43. The van der Waals surface area contributed by atoms with Crippen LogP contribution in [0.5, 0.6) is 0 Å². The van der Waals surface area contributed by atoms with E-state index in [1.807, 2.05) is 26.8 Å². The molecule has 0 aromatic rings. The van der Waals surface area contributed by atoms with Crippen molar-refractivity contribution in [1.82, 2.24) is 0 Å². The molecule has 0 aromatic carbocycles. The van der Waals surface area contributed by atoms with Crippen molar-refractivity contribution in [2.75, 3.05) is 21.3 Å². The molecular weight excluding hydrogens is 677 g/mol. The molecule has 0 unspecified atom stereocenters. The first-order chi connectivity index (χ1) is 23.6. The molecule has 0 heterocycles. The van der Waals surface area contributed by atoms with E-state index in [0.29, 0.717) is 39.2 Å². The summed E-state index contributed by atoms with van der Waals surface area (Å²) in [7, 11) is 0.176. The van der Waals surface area contributed by atoms with Crippen LogP contribution < -0.4 is 0 Å². The average molecular weight is 757 g/mol. The smallest absolute Gasteiger partial charge is 0.338 e. The third-order valence-corrected chi connectivity index (χ3v) is 24.6. The van der Waals surface area contributed by atoms with E-state index >= 15 is 0 Å². The molecule has 0 saturated heterocycles. The molecule has 8 atom stereocenters. The Morgan fingerprint density at radius 2 is 1.22 bits per heavy atom. The molecular formula is C41H80O8Si2. The molecule has 8 nitrogen and oxygen atoms in total. The molecule has 51 heavy (non-hydrogen) atoms. The van der Waals surface area contributed by atoms with Crippen molar-refractivity contribution in [3.05, 3.63) is 11.6 Å². The molecule has 1 fully saturated rings. The number of aliphatic hydroxyl groups excluding tert-OH is 1. The van der Waals surface area contributed by atoms with Crippen LogP contribution in [0.4, 0.5) is 0 Å². The third-order valence-electron chi connectivity index (χ3n) is 12.4. The van der Waals surface area contributed by atoms with Gasteiger partial charge in [-0.1, -0.05) is 103 Å². The zero-order valence-corrected chi connectivity index (χ0v) is 38.0. The van der Waals surface area contributed by atoms with E-state index in [2.05, 4.69) is 83.1 Å². The largest absolute Gasteiger partial charge is 0.467 e. The summed E-state index contributed by atoms with van der Waals surface area (Å²) in [4.78, 5) is 26.5. The van der Waals surface area contributed by atoms with E-state index < -0.39 is 40.9 Å². The van der Waals surface area contributed by atoms with Crippen LogP contribution in [0, 0.1) is 17.8 Å². The fraction of sp³-hybridized carbons (Fsp3) is 0.902. The molecule has 1 rings (SSSR count). The molecule has 0 amide bonds. The molecule has 300 valence electrons. The van der Waals surface area contributed by atoms with Crippen LogP contribution in [0.25, 0.3) is 0 Å². The van der Waals surface area contributed by atoms with E-state index in [9.17, 15) is 14.7 Å². The summed E-state index contributed by atoms with van der Waals surface area (Å²) in [5.74, 6) is -0.567. The minimum Gasteiger partial charge on any atom is -0.467 e. The van der Waals surface area contributed by atoms with Gasteiger partial charge in [0.05, 0.1) is 25.4 Å². The number of aliphatic hydroxyl groups is 1. The fourth-order valence-corrected chi connectivity index (χ4v) is 21.0. The zero-order valence-electron chi connectivity index (χ0n) is 36.0. The summed E-state index contributed by atoms with van der Waals surface area (Å²) in [6, 6.07) is 0. The van der Waals surface area contributed by atoms with Gasteiger partial charge in [0.15, 0.2) is 6.10 Å². The summed E-state index contributed by atoms with van der Waals surface area (Å²) in [6.45, 7) is 33.0. The van der Waals surface area contributed by atoms with Gasteiger partial charge in [0.2, 0.25) is 16.6 Å². The van der Waals surface area contributed by atoms with Gasteiger partial charge in [0.25, 0.3) is 0 Å². The maximum absolute atomic E-state index is 13.5. The Hall–Kier alpha value is -0.886. The number of ketones is 1. The maximum Gasteiger partial charge on any atom is 0.338 e. The monoisotopic (exact) mass is 757 g/mol. The Kier molecular flexibility index (Phi) is 20.1. The average Bonchev–Trinajstić information content (AvgIpc) is 3.04. The van der Waals surface area contributed by atoms with Crippen molar-refractivity contribution < 1.29 is 37.8 Å². The van der Waals surface area contributed by atoms with E-state index in [0.717, 1.165) is 31.3 Å². The lowest BCUT2D eigenvalue weighted by Crippen LogP contribution is -2.54. The molecule has 0 spiro atoms. The number of ether oxygens (including phenoxy) is 3. The number of rotatable bonds is 22. The Morgan fingerprint density at radius 3 is 1.63 bits per heavy atom. The molecule has 1 aliphatic rings. The third kappa shape index (κ3) is 11.8. The lowest BCUT2D eigenvalue weighted by Gasteiger charge is -2.47. The minimum absolute atomic E-state index is 0.0212. The van der Waals surface area contributed by atoms with E-state index in [4.69, 9.17) is 23.1 Å². The van der Waals surface area contributed by atoms with Crippen LogP contribution >= 0.6 is 0 Å². The standard InChI is InChI=1S/C41H80O8Si2/c1-25(2)50(26(3)4,27(5)6)48-37-20-19-34(23-38(37)45-16)22-32(14)36(43)24-35(42)31(13)21-33(15)39(40(46-17)41(44)47-18)49-51(28(7)8,29(9)10)30(11)12/h21,25-32,34-35,37-40,42H,19-20,22-24H2,1-18H3/b33-21+/t31-,32-,34+,35-,37-,38-,39-,40-/m1/s1. The normalized spacial score (nSPS) is 22.6. The maximum atomic E-state index is 13.5. The number of Topliss-reactive ketones (excluding diaryl/α,β-unsaturated/α-hetero) is 1. The summed E-state index contributed by atoms with van der Waals surface area (Å²) in [5.41, 5.74) is 3.22. The van der Waals surface area contributed by atoms with Gasteiger partial charge in [-0.3, -0.25) is 4.79 Å². The van der Waals surface area contributed by atoms with Gasteiger partial charge in [-0.05, 0) is 77.3 Å². The van der Waals surface area contributed by atoms with Gasteiger partial charge >= 0.3 is 5.97 Å². The van der Waals surface area contributed by atoms with Crippen LogP contribution in [-0.4, -0.2) is 85.3 Å². The second-order valence-electron chi connectivity index (χ2n) is 17.6. The summed E-state index contributed by atoms with van der Waals surface area (Å²) < 4.78 is 31.2. The molecule has 0 radical (unpaired) electrons. The fourth-order valence-electron chi connectivity index (χ4n) is 9.78. The topological polar surface area (TPSA) is 101 Å². The van der Waals surface area contributed by atoms with Crippen molar-refractivity contribution in [2.45, 2.75) is 200 Å². The molecule has 0 aromatic heterocycles.